The predicted molar refractivity (Wildman–Crippen MR) is 74.0 cm³/mol. The van der Waals surface area contributed by atoms with E-state index in [9.17, 15) is 0 Å². The Bertz CT molecular complexity index is 425. The van der Waals surface area contributed by atoms with E-state index in [0.29, 0.717) is 19.0 Å². The Hall–Kier alpha value is -0.940. The topological polar surface area (TPSA) is 60.3 Å². The van der Waals surface area contributed by atoms with Crippen LogP contribution in [-0.2, 0) is 20.9 Å². The van der Waals surface area contributed by atoms with Crippen LogP contribution in [0.1, 0.15) is 19.4 Å². The quantitative estimate of drug-likeness (QED) is 0.361. The van der Waals surface area contributed by atoms with Gasteiger partial charge in [-0.15, -0.1) is 0 Å². The van der Waals surface area contributed by atoms with Crippen molar-refractivity contribution in [3.8, 4) is 5.75 Å². The van der Waals surface area contributed by atoms with Crippen molar-refractivity contribution in [3.05, 3.63) is 29.8 Å². The zero-order chi connectivity index (χ0) is 13.4. The van der Waals surface area contributed by atoms with Gasteiger partial charge in [-0.2, -0.15) is 0 Å². The lowest BCUT2D eigenvalue weighted by Crippen LogP contribution is -2.02. The molecule has 0 atom stereocenters. The fourth-order valence-corrected chi connectivity index (χ4v) is 3.30. The normalized spacial score (nSPS) is 11.9. The lowest BCUT2D eigenvalue weighted by Gasteiger charge is -2.20. The van der Waals surface area contributed by atoms with Gasteiger partial charge in [0.15, 0.2) is 0 Å². The average molecular weight is 289 g/mol. The molecule has 1 rings (SSSR count). The van der Waals surface area contributed by atoms with E-state index in [1.54, 1.807) is 24.3 Å². The summed E-state index contributed by atoms with van der Waals surface area (Å²) in [5.74, 6) is 0.565. The fraction of sp³-hybridized carbons (Fsp3) is 0.364. The summed E-state index contributed by atoms with van der Waals surface area (Å²) in [4.78, 5) is 0. The van der Waals surface area contributed by atoms with Crippen molar-refractivity contribution in [2.45, 2.75) is 13.8 Å². The van der Waals surface area contributed by atoms with Crippen LogP contribution in [0.3, 0.4) is 0 Å². The lowest BCUT2D eigenvalue weighted by molar-refractivity contribution is 0.218. The minimum absolute atomic E-state index is 0.437. The summed E-state index contributed by atoms with van der Waals surface area (Å²) < 4.78 is 16.3. The van der Waals surface area contributed by atoms with Gasteiger partial charge in [-0.3, -0.25) is 9.05 Å². The fourth-order valence-electron chi connectivity index (χ4n) is 1.22. The summed E-state index contributed by atoms with van der Waals surface area (Å²) in [6.07, 6.45) is 1.32. The molecule has 0 fully saturated rings. The van der Waals surface area contributed by atoms with Gasteiger partial charge >= 0.3 is 6.72 Å². The second kappa shape index (κ2) is 7.48. The van der Waals surface area contributed by atoms with Gasteiger partial charge in [-0.05, 0) is 43.7 Å². The molecule has 0 radical (unpaired) electrons. The van der Waals surface area contributed by atoms with Crippen molar-refractivity contribution in [2.75, 3.05) is 13.2 Å². The third kappa shape index (κ3) is 4.74. The molecule has 5 nitrogen and oxygen atoms in total. The smallest absolute Gasteiger partial charge is 0.380 e. The van der Waals surface area contributed by atoms with Crippen LogP contribution < -0.4 is 4.52 Å². The maximum Gasteiger partial charge on any atom is 0.380 e. The average Bonchev–Trinajstić information content (AvgIpc) is 2.32. The van der Waals surface area contributed by atoms with E-state index in [-0.39, 0.29) is 0 Å². The molecule has 0 unspecified atom stereocenters. The molecule has 0 amide bonds. The van der Waals surface area contributed by atoms with Crippen LogP contribution in [0, 0.1) is 0 Å². The van der Waals surface area contributed by atoms with Gasteiger partial charge in [-0.1, -0.05) is 5.16 Å². The molecule has 1 aromatic rings. The number of benzene rings is 1. The first-order chi connectivity index (χ1) is 8.63. The first-order valence-corrected chi connectivity index (χ1v) is 8.05. The van der Waals surface area contributed by atoms with Crippen LogP contribution in [0.25, 0.3) is 0 Å². The molecule has 0 spiro atoms. The number of nitrogens with zero attached hydrogens (tertiary/aromatic N) is 1. The molecule has 0 aliphatic carbocycles. The Labute approximate surface area is 112 Å². The molecule has 1 N–H and O–H groups in total. The summed E-state index contributed by atoms with van der Waals surface area (Å²) >= 11 is 5.24. The molecule has 0 heterocycles. The summed E-state index contributed by atoms with van der Waals surface area (Å²) in [6, 6.07) is 6.92. The second-order valence-electron chi connectivity index (χ2n) is 3.19. The van der Waals surface area contributed by atoms with Crippen LogP contribution in [0.2, 0.25) is 0 Å². The van der Waals surface area contributed by atoms with E-state index in [1.165, 1.54) is 6.21 Å². The Kier molecular flexibility index (Phi) is 6.29. The largest absolute Gasteiger partial charge is 0.424 e. The highest BCUT2D eigenvalue weighted by molar-refractivity contribution is 8.07. The van der Waals surface area contributed by atoms with Gasteiger partial charge in [0.1, 0.15) is 5.75 Å². The molecular formula is C11H16NO4PS. The molecule has 0 bridgehead atoms. The van der Waals surface area contributed by atoms with E-state index >= 15 is 0 Å². The van der Waals surface area contributed by atoms with Gasteiger partial charge in [0, 0.05) is 11.8 Å². The molecule has 1 aromatic carbocycles. The number of hydrogen-bond acceptors (Lipinski definition) is 6. The SMILES string of the molecule is CCOP(=S)(OCC)Oc1ccc(/C=N\O)cc1. The van der Waals surface area contributed by atoms with E-state index in [4.69, 9.17) is 30.6 Å². The first-order valence-electron chi connectivity index (χ1n) is 5.49. The van der Waals surface area contributed by atoms with E-state index < -0.39 is 6.72 Å². The molecule has 0 saturated carbocycles. The number of oxime groups is 1. The Morgan fingerprint density at radius 3 is 2.22 bits per heavy atom. The van der Waals surface area contributed by atoms with Crippen molar-refractivity contribution in [3.63, 3.8) is 0 Å². The highest BCUT2D eigenvalue weighted by Crippen LogP contribution is 2.49. The zero-order valence-corrected chi connectivity index (χ0v) is 12.0. The zero-order valence-electron chi connectivity index (χ0n) is 10.3. The van der Waals surface area contributed by atoms with Gasteiger partial charge in [0.2, 0.25) is 0 Å². The number of rotatable bonds is 7. The summed E-state index contributed by atoms with van der Waals surface area (Å²) in [6.45, 7) is 1.83. The van der Waals surface area contributed by atoms with Crippen LogP contribution in [0.4, 0.5) is 0 Å². The number of hydrogen-bond donors (Lipinski definition) is 1. The summed E-state index contributed by atoms with van der Waals surface area (Å²) in [7, 11) is 0. The summed E-state index contributed by atoms with van der Waals surface area (Å²) in [5, 5.41) is 11.3. The monoisotopic (exact) mass is 289 g/mol. The minimum atomic E-state index is -2.72. The van der Waals surface area contributed by atoms with Crippen molar-refractivity contribution in [1.29, 1.82) is 0 Å². The van der Waals surface area contributed by atoms with Crippen LogP contribution in [0.5, 0.6) is 5.75 Å². The van der Waals surface area contributed by atoms with Crippen molar-refractivity contribution in [1.82, 2.24) is 0 Å². The van der Waals surface area contributed by atoms with Crippen LogP contribution in [0.15, 0.2) is 29.4 Å². The predicted octanol–water partition coefficient (Wildman–Crippen LogP) is 3.17. The van der Waals surface area contributed by atoms with E-state index in [0.717, 1.165) is 5.56 Å². The molecule has 100 valence electrons. The third-order valence-electron chi connectivity index (χ3n) is 1.88. The van der Waals surface area contributed by atoms with Crippen LogP contribution in [-0.4, -0.2) is 24.6 Å². The standard InChI is InChI=1S/C11H16NO4PS/c1-3-14-17(18,15-4-2)16-11-7-5-10(6-8-11)9-12-13/h5-9,13H,3-4H2,1-2H3/b12-9-. The highest BCUT2D eigenvalue weighted by atomic mass is 32.5. The van der Waals surface area contributed by atoms with Gasteiger partial charge in [-0.25, -0.2) is 0 Å². The van der Waals surface area contributed by atoms with Crippen molar-refractivity contribution < 1.29 is 18.8 Å². The van der Waals surface area contributed by atoms with E-state index in [2.05, 4.69) is 5.16 Å². The van der Waals surface area contributed by atoms with Crippen molar-refractivity contribution in [2.24, 2.45) is 5.16 Å². The third-order valence-corrected chi connectivity index (χ3v) is 4.32. The Balaban J connectivity index is 2.78. The lowest BCUT2D eigenvalue weighted by atomic mass is 10.2. The minimum Gasteiger partial charge on any atom is -0.424 e. The molecule has 0 aromatic heterocycles. The Morgan fingerprint density at radius 2 is 1.78 bits per heavy atom. The first kappa shape index (κ1) is 15.1. The van der Waals surface area contributed by atoms with E-state index in [1.807, 2.05) is 13.8 Å². The van der Waals surface area contributed by atoms with Gasteiger partial charge in [0.05, 0.1) is 19.4 Å². The molecule has 0 aliphatic heterocycles. The molecule has 0 aliphatic rings. The molecular weight excluding hydrogens is 273 g/mol. The Morgan fingerprint density at radius 1 is 1.22 bits per heavy atom. The second-order valence-corrected chi connectivity index (χ2v) is 6.12. The molecule has 7 heteroatoms. The van der Waals surface area contributed by atoms with Crippen LogP contribution >= 0.6 is 6.72 Å². The maximum atomic E-state index is 8.40. The highest BCUT2D eigenvalue weighted by Gasteiger charge is 2.20. The van der Waals surface area contributed by atoms with Gasteiger partial charge < -0.3 is 9.73 Å². The van der Waals surface area contributed by atoms with Crippen molar-refractivity contribution >= 4 is 24.7 Å². The molecule has 18 heavy (non-hydrogen) atoms. The molecule has 0 saturated heterocycles. The van der Waals surface area contributed by atoms with Gasteiger partial charge in [0.25, 0.3) is 0 Å². The maximum absolute atomic E-state index is 8.40. The summed E-state index contributed by atoms with van der Waals surface area (Å²) in [5.41, 5.74) is 0.756.